The van der Waals surface area contributed by atoms with Crippen molar-refractivity contribution in [2.75, 3.05) is 6.61 Å². The Morgan fingerprint density at radius 2 is 1.87 bits per heavy atom. The number of benzene rings is 1. The SMILES string of the molecule is CC(C)(C(=O)OCC(=O)NC1(C#N)CCCC1)c1ccccc1. The molecule has 0 aromatic heterocycles. The van der Waals surface area contributed by atoms with Crippen LogP contribution in [0.3, 0.4) is 0 Å². The quantitative estimate of drug-likeness (QED) is 0.847. The number of carbonyl (C=O) groups is 2. The first kappa shape index (κ1) is 17.0. The zero-order valence-corrected chi connectivity index (χ0v) is 13.6. The summed E-state index contributed by atoms with van der Waals surface area (Å²) < 4.78 is 5.16. The van der Waals surface area contributed by atoms with E-state index in [2.05, 4.69) is 11.4 Å². The van der Waals surface area contributed by atoms with Gasteiger partial charge in [0.05, 0.1) is 11.5 Å². The summed E-state index contributed by atoms with van der Waals surface area (Å²) in [4.78, 5) is 24.3. The topological polar surface area (TPSA) is 79.2 Å². The largest absolute Gasteiger partial charge is 0.455 e. The number of hydrogen-bond donors (Lipinski definition) is 1. The molecule has 0 heterocycles. The van der Waals surface area contributed by atoms with Crippen molar-refractivity contribution in [3.63, 3.8) is 0 Å². The summed E-state index contributed by atoms with van der Waals surface area (Å²) in [6.45, 7) is 3.16. The number of amides is 1. The second kappa shape index (κ2) is 6.82. The standard InChI is InChI=1S/C18H22N2O3/c1-17(2,14-8-4-3-5-9-14)16(22)23-12-15(21)20-18(13-19)10-6-7-11-18/h3-5,8-9H,6-7,10-12H2,1-2H3,(H,20,21). The number of esters is 1. The predicted molar refractivity (Wildman–Crippen MR) is 85.4 cm³/mol. The first-order valence-electron chi connectivity index (χ1n) is 7.85. The minimum absolute atomic E-state index is 0.363. The lowest BCUT2D eigenvalue weighted by Crippen LogP contribution is -2.47. The Kier molecular flexibility index (Phi) is 5.05. The van der Waals surface area contributed by atoms with Gasteiger partial charge in [0.2, 0.25) is 0 Å². The maximum absolute atomic E-state index is 12.3. The van der Waals surface area contributed by atoms with Crippen molar-refractivity contribution >= 4 is 11.9 Å². The monoisotopic (exact) mass is 314 g/mol. The third-order valence-electron chi connectivity index (χ3n) is 4.39. The van der Waals surface area contributed by atoms with Gasteiger partial charge in [0, 0.05) is 0 Å². The summed E-state index contributed by atoms with van der Waals surface area (Å²) in [6, 6.07) is 11.5. The lowest BCUT2D eigenvalue weighted by Gasteiger charge is -2.24. The van der Waals surface area contributed by atoms with Crippen molar-refractivity contribution in [2.45, 2.75) is 50.5 Å². The minimum atomic E-state index is -0.832. The van der Waals surface area contributed by atoms with E-state index in [0.29, 0.717) is 12.8 Å². The Balaban J connectivity index is 1.91. The number of nitrogens with one attached hydrogen (secondary N) is 1. The fourth-order valence-electron chi connectivity index (χ4n) is 2.83. The molecule has 23 heavy (non-hydrogen) atoms. The Morgan fingerprint density at radius 3 is 2.43 bits per heavy atom. The molecule has 0 bridgehead atoms. The van der Waals surface area contributed by atoms with Crippen LogP contribution in [0.2, 0.25) is 0 Å². The first-order valence-corrected chi connectivity index (χ1v) is 7.85. The smallest absolute Gasteiger partial charge is 0.316 e. The van der Waals surface area contributed by atoms with Gasteiger partial charge in [-0.3, -0.25) is 9.59 Å². The molecule has 0 unspecified atom stereocenters. The van der Waals surface area contributed by atoms with Crippen LogP contribution < -0.4 is 5.32 Å². The van der Waals surface area contributed by atoms with E-state index < -0.39 is 22.8 Å². The molecule has 5 heteroatoms. The van der Waals surface area contributed by atoms with Crippen LogP contribution in [0.4, 0.5) is 0 Å². The highest BCUT2D eigenvalue weighted by Crippen LogP contribution is 2.29. The zero-order valence-electron chi connectivity index (χ0n) is 13.6. The summed E-state index contributed by atoms with van der Waals surface area (Å²) in [5.41, 5.74) is -0.796. The second-order valence-electron chi connectivity index (χ2n) is 6.52. The molecule has 1 saturated carbocycles. The van der Waals surface area contributed by atoms with Gasteiger partial charge >= 0.3 is 5.97 Å². The molecule has 1 aliphatic rings. The molecule has 0 atom stereocenters. The van der Waals surface area contributed by atoms with Gasteiger partial charge in [-0.25, -0.2) is 0 Å². The summed E-state index contributed by atoms with van der Waals surface area (Å²) in [7, 11) is 0. The molecular weight excluding hydrogens is 292 g/mol. The fraction of sp³-hybridized carbons (Fsp3) is 0.500. The van der Waals surface area contributed by atoms with Gasteiger partial charge in [0.25, 0.3) is 5.91 Å². The van der Waals surface area contributed by atoms with Crippen LogP contribution in [-0.4, -0.2) is 24.0 Å². The van der Waals surface area contributed by atoms with Crippen LogP contribution in [0.5, 0.6) is 0 Å². The van der Waals surface area contributed by atoms with Crippen molar-refractivity contribution in [3.05, 3.63) is 35.9 Å². The highest BCUT2D eigenvalue weighted by molar-refractivity contribution is 5.86. The van der Waals surface area contributed by atoms with Gasteiger partial charge in [-0.2, -0.15) is 5.26 Å². The highest BCUT2D eigenvalue weighted by Gasteiger charge is 2.36. The van der Waals surface area contributed by atoms with Gasteiger partial charge < -0.3 is 10.1 Å². The molecular formula is C18H22N2O3. The molecule has 1 fully saturated rings. The number of rotatable bonds is 5. The van der Waals surface area contributed by atoms with Gasteiger partial charge in [-0.05, 0) is 45.1 Å². The van der Waals surface area contributed by atoms with Crippen LogP contribution in [-0.2, 0) is 19.7 Å². The van der Waals surface area contributed by atoms with E-state index in [9.17, 15) is 14.9 Å². The molecule has 0 aliphatic heterocycles. The molecule has 1 aliphatic carbocycles. The van der Waals surface area contributed by atoms with Gasteiger partial charge in [0.1, 0.15) is 5.54 Å². The number of nitrogens with zero attached hydrogens (tertiary/aromatic N) is 1. The Bertz CT molecular complexity index is 611. The second-order valence-corrected chi connectivity index (χ2v) is 6.52. The molecule has 5 nitrogen and oxygen atoms in total. The Labute approximate surface area is 136 Å². The van der Waals surface area contributed by atoms with E-state index in [1.54, 1.807) is 13.8 Å². The molecule has 1 N–H and O–H groups in total. The number of ether oxygens (including phenoxy) is 1. The third kappa shape index (κ3) is 3.89. The fourth-order valence-corrected chi connectivity index (χ4v) is 2.83. The average molecular weight is 314 g/mol. The van der Waals surface area contributed by atoms with E-state index in [1.807, 2.05) is 30.3 Å². The summed E-state index contributed by atoms with van der Waals surface area (Å²) in [5.74, 6) is -0.887. The lowest BCUT2D eigenvalue weighted by molar-refractivity contribution is -0.153. The molecule has 1 amide bonds. The van der Waals surface area contributed by atoms with E-state index in [0.717, 1.165) is 18.4 Å². The van der Waals surface area contributed by atoms with Crippen LogP contribution in [0.25, 0.3) is 0 Å². The summed E-state index contributed by atoms with van der Waals surface area (Å²) in [5, 5.41) is 12.0. The van der Waals surface area contributed by atoms with E-state index in [-0.39, 0.29) is 6.61 Å². The number of hydrogen-bond acceptors (Lipinski definition) is 4. The molecule has 1 aromatic rings. The molecule has 2 rings (SSSR count). The van der Waals surface area contributed by atoms with Gasteiger partial charge in [-0.1, -0.05) is 30.3 Å². The summed E-state index contributed by atoms with van der Waals surface area (Å²) in [6.07, 6.45) is 3.15. The van der Waals surface area contributed by atoms with E-state index >= 15 is 0 Å². The van der Waals surface area contributed by atoms with E-state index in [4.69, 9.17) is 4.74 Å². The minimum Gasteiger partial charge on any atom is -0.455 e. The van der Waals surface area contributed by atoms with Crippen LogP contribution in [0, 0.1) is 11.3 Å². The number of nitriles is 1. The third-order valence-corrected chi connectivity index (χ3v) is 4.39. The lowest BCUT2D eigenvalue weighted by atomic mass is 9.85. The highest BCUT2D eigenvalue weighted by atomic mass is 16.5. The molecule has 0 spiro atoms. The van der Waals surface area contributed by atoms with E-state index in [1.165, 1.54) is 0 Å². The molecule has 122 valence electrons. The van der Waals surface area contributed by atoms with Crippen molar-refractivity contribution in [1.82, 2.24) is 5.32 Å². The number of carbonyl (C=O) groups excluding carboxylic acids is 2. The maximum atomic E-state index is 12.3. The molecule has 1 aromatic carbocycles. The zero-order chi connectivity index (χ0) is 16.9. The van der Waals surface area contributed by atoms with Gasteiger partial charge in [0.15, 0.2) is 6.61 Å². The maximum Gasteiger partial charge on any atom is 0.316 e. The van der Waals surface area contributed by atoms with Crippen molar-refractivity contribution in [3.8, 4) is 6.07 Å². The Morgan fingerprint density at radius 1 is 1.26 bits per heavy atom. The molecule has 0 radical (unpaired) electrons. The first-order chi connectivity index (χ1) is 10.9. The van der Waals surface area contributed by atoms with Crippen LogP contribution in [0.1, 0.15) is 45.1 Å². The molecule has 0 saturated heterocycles. The van der Waals surface area contributed by atoms with Crippen molar-refractivity contribution in [2.24, 2.45) is 0 Å². The predicted octanol–water partition coefficient (Wildman–Crippen LogP) is 2.46. The van der Waals surface area contributed by atoms with Crippen LogP contribution in [0.15, 0.2) is 30.3 Å². The normalized spacial score (nSPS) is 16.4. The van der Waals surface area contributed by atoms with Crippen molar-refractivity contribution in [1.29, 1.82) is 5.26 Å². The summed E-state index contributed by atoms with van der Waals surface area (Å²) >= 11 is 0. The van der Waals surface area contributed by atoms with Gasteiger partial charge in [-0.15, -0.1) is 0 Å². The van der Waals surface area contributed by atoms with Crippen LogP contribution >= 0.6 is 0 Å². The average Bonchev–Trinajstić information content (AvgIpc) is 3.02. The van der Waals surface area contributed by atoms with Crippen molar-refractivity contribution < 1.29 is 14.3 Å². The Hall–Kier alpha value is -2.35.